The third kappa shape index (κ3) is 1.73. The van der Waals surface area contributed by atoms with Gasteiger partial charge in [0.15, 0.2) is 10.5 Å². The lowest BCUT2D eigenvalue weighted by Gasteiger charge is -2.07. The third-order valence-electron chi connectivity index (χ3n) is 2.81. The Bertz CT molecular complexity index is 700. The van der Waals surface area contributed by atoms with Crippen LogP contribution in [0.1, 0.15) is 11.1 Å². The molecule has 0 radical (unpaired) electrons. The molecular formula is C13H12N4S. The fourth-order valence-corrected chi connectivity index (χ4v) is 2.85. The fourth-order valence-electron chi connectivity index (χ4n) is 1.95. The Morgan fingerprint density at radius 1 is 1.11 bits per heavy atom. The highest BCUT2D eigenvalue weighted by molar-refractivity contribution is 7.21. The van der Waals surface area contributed by atoms with Gasteiger partial charge in [-0.25, -0.2) is 15.0 Å². The van der Waals surface area contributed by atoms with Gasteiger partial charge in [0.1, 0.15) is 5.01 Å². The molecule has 0 aliphatic rings. The highest BCUT2D eigenvalue weighted by atomic mass is 32.1. The number of fused-ring (bicyclic) bond motifs is 1. The van der Waals surface area contributed by atoms with Crippen molar-refractivity contribution >= 4 is 27.5 Å². The summed E-state index contributed by atoms with van der Waals surface area (Å²) in [6, 6.07) is 4.13. The van der Waals surface area contributed by atoms with Crippen molar-refractivity contribution in [2.45, 2.75) is 13.8 Å². The summed E-state index contributed by atoms with van der Waals surface area (Å²) in [6.07, 6.45) is 3.33. The van der Waals surface area contributed by atoms with Crippen molar-refractivity contribution in [3.63, 3.8) is 0 Å². The van der Waals surface area contributed by atoms with E-state index in [2.05, 4.69) is 34.0 Å². The van der Waals surface area contributed by atoms with Gasteiger partial charge in [0.05, 0.1) is 0 Å². The molecule has 90 valence electrons. The molecule has 4 nitrogen and oxygen atoms in total. The second-order valence-corrected chi connectivity index (χ2v) is 5.22. The van der Waals surface area contributed by atoms with Gasteiger partial charge in [-0.05, 0) is 25.5 Å². The molecule has 3 rings (SSSR count). The van der Waals surface area contributed by atoms with Crippen LogP contribution in [0.2, 0.25) is 0 Å². The van der Waals surface area contributed by atoms with E-state index in [1.54, 1.807) is 12.4 Å². The average Bonchev–Trinajstić information content (AvgIpc) is 2.77. The van der Waals surface area contributed by atoms with E-state index >= 15 is 0 Å². The van der Waals surface area contributed by atoms with E-state index in [1.165, 1.54) is 16.9 Å². The van der Waals surface area contributed by atoms with Crippen LogP contribution in [0, 0.1) is 13.8 Å². The first-order valence-electron chi connectivity index (χ1n) is 5.60. The van der Waals surface area contributed by atoms with Crippen molar-refractivity contribution in [2.75, 3.05) is 5.73 Å². The first-order chi connectivity index (χ1) is 8.65. The first kappa shape index (κ1) is 11.1. The smallest absolute Gasteiger partial charge is 0.190 e. The van der Waals surface area contributed by atoms with E-state index in [0.717, 1.165) is 26.7 Å². The van der Waals surface area contributed by atoms with Crippen molar-refractivity contribution in [3.05, 3.63) is 35.7 Å². The summed E-state index contributed by atoms with van der Waals surface area (Å²) in [7, 11) is 0. The van der Waals surface area contributed by atoms with Gasteiger partial charge in [-0.2, -0.15) is 0 Å². The number of hydrogen-bond donors (Lipinski definition) is 1. The maximum Gasteiger partial charge on any atom is 0.190 e. The summed E-state index contributed by atoms with van der Waals surface area (Å²) in [4.78, 5) is 13.8. The maximum absolute atomic E-state index is 6.13. The Labute approximate surface area is 109 Å². The Kier molecular flexibility index (Phi) is 2.48. The van der Waals surface area contributed by atoms with E-state index in [9.17, 15) is 0 Å². The zero-order valence-electron chi connectivity index (χ0n) is 10.1. The number of anilines is 1. The maximum atomic E-state index is 6.13. The third-order valence-corrected chi connectivity index (χ3v) is 3.79. The molecule has 2 heterocycles. The molecule has 0 aliphatic carbocycles. The van der Waals surface area contributed by atoms with Crippen molar-refractivity contribution in [1.82, 2.24) is 15.0 Å². The number of rotatable bonds is 1. The van der Waals surface area contributed by atoms with Gasteiger partial charge in [-0.15, -0.1) is 0 Å². The highest BCUT2D eigenvalue weighted by Gasteiger charge is 2.12. The van der Waals surface area contributed by atoms with E-state index < -0.39 is 0 Å². The van der Waals surface area contributed by atoms with Crippen LogP contribution < -0.4 is 5.73 Å². The van der Waals surface area contributed by atoms with Crippen molar-refractivity contribution < 1.29 is 0 Å². The SMILES string of the molecule is Cc1cc(C)c(N)c(-c2nc3nccnc3s2)c1. The molecule has 0 fully saturated rings. The van der Waals surface area contributed by atoms with Gasteiger partial charge in [0.25, 0.3) is 0 Å². The van der Waals surface area contributed by atoms with Gasteiger partial charge in [0, 0.05) is 23.6 Å². The Balaban J connectivity index is 2.26. The Morgan fingerprint density at radius 3 is 2.67 bits per heavy atom. The molecule has 0 unspecified atom stereocenters. The minimum Gasteiger partial charge on any atom is -0.398 e. The second-order valence-electron chi connectivity index (χ2n) is 4.25. The van der Waals surface area contributed by atoms with Crippen LogP contribution in [0.25, 0.3) is 21.0 Å². The Morgan fingerprint density at radius 2 is 1.89 bits per heavy atom. The van der Waals surface area contributed by atoms with Crippen LogP contribution >= 0.6 is 11.3 Å². The minimum atomic E-state index is 0.677. The molecule has 0 saturated heterocycles. The molecule has 1 aromatic carbocycles. The quantitative estimate of drug-likeness (QED) is 0.680. The molecule has 0 saturated carbocycles. The van der Waals surface area contributed by atoms with Crippen molar-refractivity contribution in [3.8, 4) is 10.6 Å². The Hall–Kier alpha value is -2.01. The summed E-state index contributed by atoms with van der Waals surface area (Å²) in [5, 5.41) is 0.875. The molecule has 2 aromatic heterocycles. The van der Waals surface area contributed by atoms with Crippen LogP contribution in [0.4, 0.5) is 5.69 Å². The largest absolute Gasteiger partial charge is 0.398 e. The number of nitrogen functional groups attached to an aromatic ring is 1. The van der Waals surface area contributed by atoms with Gasteiger partial charge in [0.2, 0.25) is 0 Å². The van der Waals surface area contributed by atoms with Crippen LogP contribution in [-0.2, 0) is 0 Å². The molecule has 3 aromatic rings. The molecular weight excluding hydrogens is 244 g/mol. The van der Waals surface area contributed by atoms with Crippen LogP contribution in [0.5, 0.6) is 0 Å². The summed E-state index contributed by atoms with van der Waals surface area (Å²) in [5.41, 5.74) is 10.8. The lowest BCUT2D eigenvalue weighted by molar-refractivity contribution is 1.26. The molecule has 0 atom stereocenters. The van der Waals surface area contributed by atoms with E-state index in [0.29, 0.717) is 5.65 Å². The van der Waals surface area contributed by atoms with Gasteiger partial charge < -0.3 is 5.73 Å². The minimum absolute atomic E-state index is 0.677. The topological polar surface area (TPSA) is 64.7 Å². The van der Waals surface area contributed by atoms with Crippen molar-refractivity contribution in [1.29, 1.82) is 0 Å². The summed E-state index contributed by atoms with van der Waals surface area (Å²) < 4.78 is 0. The van der Waals surface area contributed by atoms with Gasteiger partial charge in [-0.1, -0.05) is 23.0 Å². The van der Waals surface area contributed by atoms with Crippen molar-refractivity contribution in [2.24, 2.45) is 0 Å². The number of nitrogens with two attached hydrogens (primary N) is 1. The molecule has 0 spiro atoms. The number of nitrogens with zero attached hydrogens (tertiary/aromatic N) is 3. The number of aryl methyl sites for hydroxylation is 2. The molecule has 18 heavy (non-hydrogen) atoms. The summed E-state index contributed by atoms with van der Waals surface area (Å²) in [6.45, 7) is 4.06. The second kappa shape index (κ2) is 4.03. The zero-order valence-corrected chi connectivity index (χ0v) is 11.0. The van der Waals surface area contributed by atoms with Crippen LogP contribution in [-0.4, -0.2) is 15.0 Å². The predicted octanol–water partition coefficient (Wildman–Crippen LogP) is 2.95. The zero-order chi connectivity index (χ0) is 12.7. The molecule has 0 amide bonds. The van der Waals surface area contributed by atoms with Crippen LogP contribution in [0.3, 0.4) is 0 Å². The number of benzene rings is 1. The average molecular weight is 256 g/mol. The summed E-state index contributed by atoms with van der Waals surface area (Å²) in [5.74, 6) is 0. The molecule has 0 aliphatic heterocycles. The molecule has 5 heteroatoms. The van der Waals surface area contributed by atoms with Gasteiger partial charge >= 0.3 is 0 Å². The van der Waals surface area contributed by atoms with E-state index in [1.807, 2.05) is 6.92 Å². The van der Waals surface area contributed by atoms with Gasteiger partial charge in [-0.3, -0.25) is 0 Å². The molecule has 2 N–H and O–H groups in total. The lowest BCUT2D eigenvalue weighted by atomic mass is 10.1. The summed E-state index contributed by atoms with van der Waals surface area (Å²) >= 11 is 1.52. The first-order valence-corrected chi connectivity index (χ1v) is 6.41. The molecule has 0 bridgehead atoms. The monoisotopic (exact) mass is 256 g/mol. The number of thiazole rings is 1. The number of hydrogen-bond acceptors (Lipinski definition) is 5. The fraction of sp³-hybridized carbons (Fsp3) is 0.154. The van der Waals surface area contributed by atoms with E-state index in [4.69, 9.17) is 5.73 Å². The lowest BCUT2D eigenvalue weighted by Crippen LogP contribution is -1.94. The van der Waals surface area contributed by atoms with Crippen LogP contribution in [0.15, 0.2) is 24.5 Å². The van der Waals surface area contributed by atoms with E-state index in [-0.39, 0.29) is 0 Å². The standard InChI is InChI=1S/C13H12N4S/c1-7-5-8(2)10(14)9(6-7)12-17-11-13(18-12)16-4-3-15-11/h3-6H,14H2,1-2H3. The predicted molar refractivity (Wildman–Crippen MR) is 74.5 cm³/mol. The highest BCUT2D eigenvalue weighted by Crippen LogP contribution is 2.34. The normalized spacial score (nSPS) is 11.0. The number of aromatic nitrogens is 3.